The van der Waals surface area contributed by atoms with Crippen LogP contribution in [-0.4, -0.2) is 83.1 Å². The zero-order valence-electron chi connectivity index (χ0n) is 16.9. The van der Waals surface area contributed by atoms with Crippen LogP contribution >= 0.6 is 11.8 Å². The van der Waals surface area contributed by atoms with Crippen LogP contribution in [0, 0.1) is 0 Å². The molecule has 3 amide bonds. The van der Waals surface area contributed by atoms with Crippen molar-refractivity contribution >= 4 is 41.4 Å². The average molecular weight is 450 g/mol. The molecular formula is C17H31N5O7S. The second-order valence-corrected chi connectivity index (χ2v) is 7.49. The minimum atomic E-state index is -1.62. The number of hydrogen-bond acceptors (Lipinski definition) is 8. The van der Waals surface area contributed by atoms with Gasteiger partial charge in [-0.05, 0) is 37.8 Å². The fourth-order valence-corrected chi connectivity index (χ4v) is 2.81. The Morgan fingerprint density at radius 1 is 0.967 bits per heavy atom. The molecule has 13 heteroatoms. The minimum Gasteiger partial charge on any atom is -0.481 e. The van der Waals surface area contributed by atoms with Gasteiger partial charge in [-0.25, -0.2) is 4.79 Å². The lowest BCUT2D eigenvalue weighted by Gasteiger charge is -2.20. The number of thioether (sulfide) groups is 1. The zero-order valence-corrected chi connectivity index (χ0v) is 17.7. The standard InChI is InChI=1S/C17H31N5O7S/c1-30-7-5-11(22-15(26)10(19)4-2-3-6-18)16(27)20-9-13(23)21-12(17(28)29)8-14(24)25/h10-12H,2-9,18-19H2,1H3,(H,20,27)(H,21,23)(H,22,26)(H,24,25)(H,28,29). The van der Waals surface area contributed by atoms with Gasteiger partial charge in [-0.15, -0.1) is 0 Å². The number of nitrogens with two attached hydrogens (primary N) is 2. The molecule has 0 aromatic rings. The second kappa shape index (κ2) is 15.5. The average Bonchev–Trinajstić information content (AvgIpc) is 2.68. The molecule has 3 unspecified atom stereocenters. The van der Waals surface area contributed by atoms with Gasteiger partial charge in [0.25, 0.3) is 0 Å². The molecule has 0 aliphatic heterocycles. The first-order chi connectivity index (χ1) is 14.1. The maximum atomic E-state index is 12.4. The van der Waals surface area contributed by atoms with E-state index in [0.717, 1.165) is 6.42 Å². The van der Waals surface area contributed by atoms with Crippen molar-refractivity contribution in [2.45, 2.75) is 50.2 Å². The molecule has 0 rings (SSSR count). The summed E-state index contributed by atoms with van der Waals surface area (Å²) < 4.78 is 0. The highest BCUT2D eigenvalue weighted by Crippen LogP contribution is 2.04. The molecule has 0 aromatic carbocycles. The molecule has 30 heavy (non-hydrogen) atoms. The van der Waals surface area contributed by atoms with Crippen molar-refractivity contribution in [1.29, 1.82) is 0 Å². The molecule has 0 bridgehead atoms. The SMILES string of the molecule is CSCCC(NC(=O)C(N)CCCCN)C(=O)NCC(=O)NC(CC(=O)O)C(=O)O. The first-order valence-corrected chi connectivity index (χ1v) is 10.8. The zero-order chi connectivity index (χ0) is 23.1. The maximum absolute atomic E-state index is 12.4. The molecule has 0 fully saturated rings. The van der Waals surface area contributed by atoms with E-state index in [4.69, 9.17) is 21.7 Å². The van der Waals surface area contributed by atoms with Gasteiger partial charge in [0.2, 0.25) is 17.7 Å². The Morgan fingerprint density at radius 3 is 2.17 bits per heavy atom. The third-order valence-corrected chi connectivity index (χ3v) is 4.63. The Bertz CT molecular complexity index is 605. The van der Waals surface area contributed by atoms with E-state index in [2.05, 4.69) is 10.6 Å². The van der Waals surface area contributed by atoms with Crippen LogP contribution in [0.25, 0.3) is 0 Å². The summed E-state index contributed by atoms with van der Waals surface area (Å²) in [6, 6.07) is -3.34. The van der Waals surface area contributed by atoms with Crippen molar-refractivity contribution in [2.75, 3.05) is 25.1 Å². The smallest absolute Gasteiger partial charge is 0.326 e. The fourth-order valence-electron chi connectivity index (χ4n) is 2.33. The van der Waals surface area contributed by atoms with E-state index < -0.39 is 60.8 Å². The molecule has 3 atom stereocenters. The number of hydrogen-bond donors (Lipinski definition) is 7. The van der Waals surface area contributed by atoms with Crippen LogP contribution in [0.1, 0.15) is 32.1 Å². The monoisotopic (exact) mass is 449 g/mol. The van der Waals surface area contributed by atoms with E-state index in [1.54, 1.807) is 0 Å². The second-order valence-electron chi connectivity index (χ2n) is 6.51. The van der Waals surface area contributed by atoms with Gasteiger partial charge in [0, 0.05) is 0 Å². The predicted octanol–water partition coefficient (Wildman–Crippen LogP) is -2.16. The third-order valence-electron chi connectivity index (χ3n) is 3.98. The van der Waals surface area contributed by atoms with Crippen LogP contribution in [0.5, 0.6) is 0 Å². The molecule has 9 N–H and O–H groups in total. The summed E-state index contributed by atoms with van der Waals surface area (Å²) in [6.45, 7) is -0.0826. The Labute approximate surface area is 178 Å². The number of carboxylic acid groups (broad SMARTS) is 2. The van der Waals surface area contributed by atoms with Gasteiger partial charge in [-0.3, -0.25) is 19.2 Å². The summed E-state index contributed by atoms with van der Waals surface area (Å²) in [5.41, 5.74) is 11.2. The van der Waals surface area contributed by atoms with Crippen LogP contribution < -0.4 is 27.4 Å². The summed E-state index contributed by atoms with van der Waals surface area (Å²) in [5.74, 6) is -4.34. The summed E-state index contributed by atoms with van der Waals surface area (Å²) in [7, 11) is 0. The Kier molecular flexibility index (Phi) is 14.2. The molecular weight excluding hydrogens is 418 g/mol. The van der Waals surface area contributed by atoms with E-state index >= 15 is 0 Å². The highest BCUT2D eigenvalue weighted by Gasteiger charge is 2.26. The quantitative estimate of drug-likeness (QED) is 0.127. The highest BCUT2D eigenvalue weighted by atomic mass is 32.2. The number of carbonyl (C=O) groups excluding carboxylic acids is 3. The first-order valence-electron chi connectivity index (χ1n) is 9.39. The number of unbranched alkanes of at least 4 members (excludes halogenated alkanes) is 1. The Balaban J connectivity index is 4.75. The van der Waals surface area contributed by atoms with Crippen molar-refractivity contribution in [2.24, 2.45) is 11.5 Å². The predicted molar refractivity (Wildman–Crippen MR) is 111 cm³/mol. The fraction of sp³-hybridized carbons (Fsp3) is 0.706. The number of aliphatic carboxylic acids is 2. The maximum Gasteiger partial charge on any atom is 0.326 e. The third kappa shape index (κ3) is 12.2. The molecule has 0 saturated carbocycles. The van der Waals surface area contributed by atoms with Gasteiger partial charge in [0.15, 0.2) is 0 Å². The van der Waals surface area contributed by atoms with Gasteiger partial charge in [0.05, 0.1) is 19.0 Å². The summed E-state index contributed by atoms with van der Waals surface area (Å²) in [5, 5.41) is 24.5. The lowest BCUT2D eigenvalue weighted by molar-refractivity contribution is -0.147. The Morgan fingerprint density at radius 2 is 1.63 bits per heavy atom. The van der Waals surface area contributed by atoms with Gasteiger partial charge < -0.3 is 37.6 Å². The van der Waals surface area contributed by atoms with E-state index in [1.165, 1.54) is 11.8 Å². The van der Waals surface area contributed by atoms with Crippen molar-refractivity contribution in [3.8, 4) is 0 Å². The van der Waals surface area contributed by atoms with Crippen LogP contribution in [-0.2, 0) is 24.0 Å². The van der Waals surface area contributed by atoms with Crippen molar-refractivity contribution < 1.29 is 34.2 Å². The lowest BCUT2D eigenvalue weighted by Crippen LogP contribution is -2.53. The van der Waals surface area contributed by atoms with Gasteiger partial charge >= 0.3 is 11.9 Å². The number of amides is 3. The van der Waals surface area contributed by atoms with Crippen LogP contribution in [0.15, 0.2) is 0 Å². The van der Waals surface area contributed by atoms with E-state index in [-0.39, 0.29) is 0 Å². The number of rotatable bonds is 16. The van der Waals surface area contributed by atoms with E-state index in [1.807, 2.05) is 11.6 Å². The molecule has 0 saturated heterocycles. The van der Waals surface area contributed by atoms with Gasteiger partial charge in [-0.2, -0.15) is 11.8 Å². The Hall–Kier alpha value is -2.38. The van der Waals surface area contributed by atoms with Crippen molar-refractivity contribution in [3.63, 3.8) is 0 Å². The number of carbonyl (C=O) groups is 5. The van der Waals surface area contributed by atoms with E-state index in [0.29, 0.717) is 31.6 Å². The van der Waals surface area contributed by atoms with Crippen LogP contribution in [0.2, 0.25) is 0 Å². The molecule has 0 aliphatic rings. The molecule has 0 radical (unpaired) electrons. The molecule has 0 spiro atoms. The first kappa shape index (κ1) is 27.6. The molecule has 0 aromatic heterocycles. The molecule has 12 nitrogen and oxygen atoms in total. The molecule has 172 valence electrons. The van der Waals surface area contributed by atoms with Crippen molar-refractivity contribution in [1.82, 2.24) is 16.0 Å². The largest absolute Gasteiger partial charge is 0.481 e. The summed E-state index contributed by atoms with van der Waals surface area (Å²) in [4.78, 5) is 58.1. The summed E-state index contributed by atoms with van der Waals surface area (Å²) >= 11 is 1.46. The summed E-state index contributed by atoms with van der Waals surface area (Å²) in [6.07, 6.45) is 3.15. The molecule has 0 aliphatic carbocycles. The van der Waals surface area contributed by atoms with Gasteiger partial charge in [-0.1, -0.05) is 6.42 Å². The normalized spacial score (nSPS) is 13.6. The number of nitrogens with one attached hydrogen (secondary N) is 3. The lowest BCUT2D eigenvalue weighted by atomic mass is 10.1. The topological polar surface area (TPSA) is 214 Å². The number of carboxylic acids is 2. The highest BCUT2D eigenvalue weighted by molar-refractivity contribution is 7.98. The van der Waals surface area contributed by atoms with Gasteiger partial charge in [0.1, 0.15) is 12.1 Å². The van der Waals surface area contributed by atoms with E-state index in [9.17, 15) is 24.0 Å². The van der Waals surface area contributed by atoms with Crippen molar-refractivity contribution in [3.05, 3.63) is 0 Å². The molecule has 0 heterocycles. The van der Waals surface area contributed by atoms with Crippen LogP contribution in [0.3, 0.4) is 0 Å². The minimum absolute atomic E-state index is 0.298. The van der Waals surface area contributed by atoms with Crippen LogP contribution in [0.4, 0.5) is 0 Å².